The van der Waals surface area contributed by atoms with Crippen LogP contribution in [0.5, 0.6) is 0 Å². The highest BCUT2D eigenvalue weighted by Crippen LogP contribution is 2.23. The fraction of sp³-hybridized carbons (Fsp3) is 0.300. The molecule has 0 saturated carbocycles. The number of amides is 1. The zero-order chi connectivity index (χ0) is 17.8. The van der Waals surface area contributed by atoms with Gasteiger partial charge >= 0.3 is 0 Å². The second-order valence-electron chi connectivity index (χ2n) is 6.60. The molecule has 1 saturated heterocycles. The maximum Gasteiger partial charge on any atom is 0.265 e. The number of aromatic nitrogens is 2. The monoisotopic (exact) mass is 366 g/mol. The molecule has 0 atom stereocenters. The van der Waals surface area contributed by atoms with Crippen molar-refractivity contribution in [3.05, 3.63) is 58.7 Å². The molecule has 6 heteroatoms. The van der Waals surface area contributed by atoms with Crippen LogP contribution in [0.4, 0.5) is 5.69 Å². The number of thiophene rings is 1. The number of carbonyl (C=O) groups excluding carboxylic acids is 1. The van der Waals surface area contributed by atoms with Crippen molar-refractivity contribution in [3.63, 3.8) is 0 Å². The van der Waals surface area contributed by atoms with E-state index in [-0.39, 0.29) is 5.91 Å². The summed E-state index contributed by atoms with van der Waals surface area (Å²) >= 11 is 1.59. The standard InChI is InChI=1S/C20H22N4OS/c25-20(19-9-8-17(26-19)13-24-10-2-1-3-11-24)23-16-6-4-15(5-7-16)18-12-21-14-22-18/h4-9,12,14H,1-3,10-11,13H2,(H,21,22)(H,23,25). The lowest BCUT2D eigenvalue weighted by Gasteiger charge is -2.25. The summed E-state index contributed by atoms with van der Waals surface area (Å²) in [5.74, 6) is -0.0471. The number of imidazole rings is 1. The zero-order valence-corrected chi connectivity index (χ0v) is 15.4. The Bertz CT molecular complexity index is 848. The van der Waals surface area contributed by atoms with Crippen LogP contribution in [0, 0.1) is 0 Å². The fourth-order valence-corrected chi connectivity index (χ4v) is 4.21. The summed E-state index contributed by atoms with van der Waals surface area (Å²) in [5, 5.41) is 2.98. The topological polar surface area (TPSA) is 61.0 Å². The summed E-state index contributed by atoms with van der Waals surface area (Å²) in [7, 11) is 0. The number of hydrogen-bond acceptors (Lipinski definition) is 4. The lowest BCUT2D eigenvalue weighted by molar-refractivity contribution is 0.103. The zero-order valence-electron chi connectivity index (χ0n) is 14.6. The smallest absolute Gasteiger partial charge is 0.265 e. The molecule has 0 aliphatic carbocycles. The lowest BCUT2D eigenvalue weighted by Crippen LogP contribution is -2.28. The molecule has 1 aromatic carbocycles. The molecule has 0 unspecified atom stereocenters. The van der Waals surface area contributed by atoms with E-state index in [9.17, 15) is 4.79 Å². The summed E-state index contributed by atoms with van der Waals surface area (Å²) in [6.07, 6.45) is 7.35. The van der Waals surface area contributed by atoms with E-state index in [0.717, 1.165) is 28.4 Å². The Labute approximate surface area is 157 Å². The van der Waals surface area contributed by atoms with E-state index in [1.54, 1.807) is 23.9 Å². The van der Waals surface area contributed by atoms with Crippen LogP contribution in [0.25, 0.3) is 11.3 Å². The van der Waals surface area contributed by atoms with Crippen molar-refractivity contribution in [1.29, 1.82) is 0 Å². The molecule has 0 spiro atoms. The Hall–Kier alpha value is -2.44. The van der Waals surface area contributed by atoms with E-state index >= 15 is 0 Å². The molecule has 26 heavy (non-hydrogen) atoms. The normalized spacial score (nSPS) is 15.1. The van der Waals surface area contributed by atoms with Gasteiger partial charge in [0.15, 0.2) is 0 Å². The molecule has 1 amide bonds. The fourth-order valence-electron chi connectivity index (χ4n) is 3.26. The molecule has 2 N–H and O–H groups in total. The Morgan fingerprint density at radius 1 is 1.12 bits per heavy atom. The van der Waals surface area contributed by atoms with Crippen LogP contribution in [0.1, 0.15) is 33.8 Å². The minimum atomic E-state index is -0.0471. The minimum absolute atomic E-state index is 0.0471. The van der Waals surface area contributed by atoms with Gasteiger partial charge in [-0.2, -0.15) is 0 Å². The number of nitrogens with one attached hydrogen (secondary N) is 2. The number of benzene rings is 1. The van der Waals surface area contributed by atoms with Crippen LogP contribution < -0.4 is 5.32 Å². The summed E-state index contributed by atoms with van der Waals surface area (Å²) < 4.78 is 0. The molecule has 0 bridgehead atoms. The number of rotatable bonds is 5. The van der Waals surface area contributed by atoms with E-state index in [4.69, 9.17) is 0 Å². The van der Waals surface area contributed by atoms with Crippen LogP contribution >= 0.6 is 11.3 Å². The number of nitrogens with zero attached hydrogens (tertiary/aromatic N) is 2. The van der Waals surface area contributed by atoms with Crippen LogP contribution in [0.15, 0.2) is 48.9 Å². The number of carbonyl (C=O) groups is 1. The highest BCUT2D eigenvalue weighted by Gasteiger charge is 2.14. The maximum absolute atomic E-state index is 12.5. The van der Waals surface area contributed by atoms with Gasteiger partial charge in [0.25, 0.3) is 5.91 Å². The predicted octanol–water partition coefficient (Wildman–Crippen LogP) is 4.38. The maximum atomic E-state index is 12.5. The number of aromatic amines is 1. The van der Waals surface area contributed by atoms with Gasteiger partial charge in [0.05, 0.1) is 23.1 Å². The van der Waals surface area contributed by atoms with Gasteiger partial charge in [-0.25, -0.2) is 4.98 Å². The lowest BCUT2D eigenvalue weighted by atomic mass is 10.1. The van der Waals surface area contributed by atoms with Crippen LogP contribution in [0.3, 0.4) is 0 Å². The third-order valence-electron chi connectivity index (χ3n) is 4.67. The summed E-state index contributed by atoms with van der Waals surface area (Å²) in [6.45, 7) is 3.29. The minimum Gasteiger partial charge on any atom is -0.345 e. The summed E-state index contributed by atoms with van der Waals surface area (Å²) in [5.41, 5.74) is 2.80. The van der Waals surface area contributed by atoms with Gasteiger partial charge in [0, 0.05) is 17.1 Å². The van der Waals surface area contributed by atoms with Crippen molar-refractivity contribution in [2.45, 2.75) is 25.8 Å². The van der Waals surface area contributed by atoms with Gasteiger partial charge in [0.2, 0.25) is 0 Å². The molecule has 0 radical (unpaired) electrons. The number of H-pyrrole nitrogens is 1. The first kappa shape index (κ1) is 17.0. The number of hydrogen-bond donors (Lipinski definition) is 2. The Morgan fingerprint density at radius 3 is 2.65 bits per heavy atom. The molecule has 134 valence electrons. The van der Waals surface area contributed by atoms with Gasteiger partial charge in [-0.15, -0.1) is 11.3 Å². The van der Waals surface area contributed by atoms with Gasteiger partial charge < -0.3 is 10.3 Å². The first-order chi connectivity index (χ1) is 12.8. The number of anilines is 1. The second-order valence-corrected chi connectivity index (χ2v) is 7.77. The van der Waals surface area contributed by atoms with Gasteiger partial charge in [-0.05, 0) is 55.8 Å². The third kappa shape index (κ3) is 4.03. The molecule has 1 fully saturated rings. The van der Waals surface area contributed by atoms with E-state index in [0.29, 0.717) is 0 Å². The molecule has 2 aromatic heterocycles. The van der Waals surface area contributed by atoms with E-state index in [1.165, 1.54) is 37.2 Å². The van der Waals surface area contributed by atoms with Crippen molar-refractivity contribution in [2.24, 2.45) is 0 Å². The highest BCUT2D eigenvalue weighted by molar-refractivity contribution is 7.14. The quantitative estimate of drug-likeness (QED) is 0.704. The molecule has 5 nitrogen and oxygen atoms in total. The van der Waals surface area contributed by atoms with Gasteiger partial charge in [-0.3, -0.25) is 9.69 Å². The SMILES string of the molecule is O=C(Nc1ccc(-c2cnc[nH]2)cc1)c1ccc(CN2CCCCC2)s1. The Balaban J connectivity index is 1.37. The Morgan fingerprint density at radius 2 is 1.92 bits per heavy atom. The van der Waals surface area contributed by atoms with E-state index in [2.05, 4.69) is 26.3 Å². The van der Waals surface area contributed by atoms with Crippen molar-refractivity contribution >= 4 is 22.9 Å². The first-order valence-electron chi connectivity index (χ1n) is 8.99. The predicted molar refractivity (Wildman–Crippen MR) is 105 cm³/mol. The van der Waals surface area contributed by atoms with Gasteiger partial charge in [0.1, 0.15) is 0 Å². The molecule has 3 aromatic rings. The largest absolute Gasteiger partial charge is 0.345 e. The third-order valence-corrected chi connectivity index (χ3v) is 5.73. The molecule has 1 aliphatic heterocycles. The Kier molecular flexibility index (Phi) is 5.13. The van der Waals surface area contributed by atoms with Crippen molar-refractivity contribution < 1.29 is 4.79 Å². The number of piperidine rings is 1. The summed E-state index contributed by atoms with van der Waals surface area (Å²) in [6, 6.07) is 11.8. The molecular formula is C20H22N4OS. The van der Waals surface area contributed by atoms with Gasteiger partial charge in [-0.1, -0.05) is 18.6 Å². The van der Waals surface area contributed by atoms with Crippen LogP contribution in [0.2, 0.25) is 0 Å². The van der Waals surface area contributed by atoms with Crippen molar-refractivity contribution in [1.82, 2.24) is 14.9 Å². The van der Waals surface area contributed by atoms with Crippen molar-refractivity contribution in [2.75, 3.05) is 18.4 Å². The van der Waals surface area contributed by atoms with Crippen LogP contribution in [-0.2, 0) is 6.54 Å². The molecule has 4 rings (SSSR count). The molecular weight excluding hydrogens is 344 g/mol. The number of likely N-dealkylation sites (tertiary alicyclic amines) is 1. The molecule has 1 aliphatic rings. The first-order valence-corrected chi connectivity index (χ1v) is 9.81. The van der Waals surface area contributed by atoms with Crippen LogP contribution in [-0.4, -0.2) is 33.9 Å². The van der Waals surface area contributed by atoms with Crippen molar-refractivity contribution in [3.8, 4) is 11.3 Å². The second kappa shape index (κ2) is 7.85. The average molecular weight is 366 g/mol. The summed E-state index contributed by atoms with van der Waals surface area (Å²) in [4.78, 5) is 24.1. The van der Waals surface area contributed by atoms with E-state index < -0.39 is 0 Å². The highest BCUT2D eigenvalue weighted by atomic mass is 32.1. The molecule has 3 heterocycles. The van der Waals surface area contributed by atoms with E-state index in [1.807, 2.05) is 30.3 Å². The average Bonchev–Trinajstić information content (AvgIpc) is 3.35.